The van der Waals surface area contributed by atoms with Gasteiger partial charge >= 0.3 is 5.97 Å². The fourth-order valence-electron chi connectivity index (χ4n) is 4.00. The average Bonchev–Trinajstić information content (AvgIpc) is 2.89. The van der Waals surface area contributed by atoms with Gasteiger partial charge in [0.05, 0.1) is 11.8 Å². The van der Waals surface area contributed by atoms with E-state index in [1.807, 2.05) is 11.0 Å². The molecule has 3 rings (SSSR count). The number of amides is 1. The van der Waals surface area contributed by atoms with E-state index < -0.39 is 11.9 Å². The summed E-state index contributed by atoms with van der Waals surface area (Å²) in [6.07, 6.45) is 9.38. The molecule has 0 aromatic carbocycles. The molecule has 1 aliphatic heterocycles. The largest absolute Gasteiger partial charge is 0.481 e. The van der Waals surface area contributed by atoms with Crippen LogP contribution in [0.25, 0.3) is 0 Å². The van der Waals surface area contributed by atoms with Crippen LogP contribution in [0.15, 0.2) is 12.2 Å². The van der Waals surface area contributed by atoms with Crippen molar-refractivity contribution in [2.24, 2.45) is 23.7 Å². The highest BCUT2D eigenvalue weighted by molar-refractivity contribution is 5.87. The molecular weight excluding hydrogens is 242 g/mol. The number of rotatable bonds is 2. The van der Waals surface area contributed by atoms with Gasteiger partial charge < -0.3 is 10.0 Å². The molecule has 0 radical (unpaired) electrons. The van der Waals surface area contributed by atoms with Crippen molar-refractivity contribution < 1.29 is 14.7 Å². The first-order valence-corrected chi connectivity index (χ1v) is 7.38. The highest BCUT2D eigenvalue weighted by atomic mass is 16.4. The summed E-state index contributed by atoms with van der Waals surface area (Å²) in [5.74, 6) is -1.29. The maximum absolute atomic E-state index is 12.7. The van der Waals surface area contributed by atoms with E-state index in [0.717, 1.165) is 32.4 Å². The predicted octanol–water partition coefficient (Wildman–Crippen LogP) is 1.91. The standard InChI is InChI=1S/C15H21NO3/c17-14(16-7-3-1-2-4-8-16)12-10-5-6-11(9-10)13(12)15(18)19/h5-6,10-13H,1-4,7-9H2,(H,18,19)/t10-,11-,12+,13-/m0/s1. The Morgan fingerprint density at radius 3 is 2.11 bits per heavy atom. The number of hydrogen-bond donors (Lipinski definition) is 1. The second-order valence-electron chi connectivity index (χ2n) is 6.08. The van der Waals surface area contributed by atoms with Crippen molar-refractivity contribution in [3.05, 3.63) is 12.2 Å². The van der Waals surface area contributed by atoms with Crippen molar-refractivity contribution >= 4 is 11.9 Å². The Bertz CT molecular complexity index is 410. The first-order chi connectivity index (χ1) is 9.18. The molecule has 2 bridgehead atoms. The third kappa shape index (κ3) is 2.17. The van der Waals surface area contributed by atoms with Crippen LogP contribution >= 0.6 is 0 Å². The fourth-order valence-corrected chi connectivity index (χ4v) is 4.00. The van der Waals surface area contributed by atoms with Crippen LogP contribution in [-0.4, -0.2) is 35.0 Å². The second kappa shape index (κ2) is 4.99. The Balaban J connectivity index is 1.78. The van der Waals surface area contributed by atoms with Gasteiger partial charge in [-0.15, -0.1) is 0 Å². The number of carboxylic acids is 1. The number of fused-ring (bicyclic) bond motifs is 2. The monoisotopic (exact) mass is 263 g/mol. The third-order valence-corrected chi connectivity index (χ3v) is 4.95. The lowest BCUT2D eigenvalue weighted by Gasteiger charge is -2.30. The van der Waals surface area contributed by atoms with E-state index in [0.29, 0.717) is 0 Å². The number of nitrogens with zero attached hydrogens (tertiary/aromatic N) is 1. The van der Waals surface area contributed by atoms with Gasteiger partial charge in [-0.2, -0.15) is 0 Å². The molecule has 1 heterocycles. The number of allylic oxidation sites excluding steroid dienone is 2. The topological polar surface area (TPSA) is 57.6 Å². The first kappa shape index (κ1) is 12.7. The molecule has 0 unspecified atom stereocenters. The van der Waals surface area contributed by atoms with Gasteiger partial charge in [-0.25, -0.2) is 0 Å². The second-order valence-corrected chi connectivity index (χ2v) is 6.08. The lowest BCUT2D eigenvalue weighted by Crippen LogP contribution is -2.43. The summed E-state index contributed by atoms with van der Waals surface area (Å²) in [6, 6.07) is 0. The number of likely N-dealkylation sites (tertiary alicyclic amines) is 1. The Kier molecular flexibility index (Phi) is 3.33. The number of carbonyl (C=O) groups is 2. The number of carboxylic acid groups (broad SMARTS) is 1. The number of carbonyl (C=O) groups excluding carboxylic acids is 1. The van der Waals surface area contributed by atoms with Gasteiger partial charge in [0.25, 0.3) is 0 Å². The van der Waals surface area contributed by atoms with Crippen LogP contribution in [-0.2, 0) is 9.59 Å². The average molecular weight is 263 g/mol. The summed E-state index contributed by atoms with van der Waals surface area (Å²) in [5, 5.41) is 9.40. The number of hydrogen-bond acceptors (Lipinski definition) is 2. The first-order valence-electron chi connectivity index (χ1n) is 7.38. The minimum Gasteiger partial charge on any atom is -0.481 e. The lowest BCUT2D eigenvalue weighted by molar-refractivity contribution is -0.151. The molecular formula is C15H21NO3. The Morgan fingerprint density at radius 2 is 1.53 bits per heavy atom. The Hall–Kier alpha value is -1.32. The van der Waals surface area contributed by atoms with Gasteiger partial charge in [0.1, 0.15) is 0 Å². The zero-order valence-electron chi connectivity index (χ0n) is 11.1. The number of aliphatic carboxylic acids is 1. The van der Waals surface area contributed by atoms with Crippen molar-refractivity contribution in [1.29, 1.82) is 0 Å². The van der Waals surface area contributed by atoms with Crippen molar-refractivity contribution in [3.8, 4) is 0 Å². The lowest BCUT2D eigenvalue weighted by atomic mass is 9.82. The molecule has 104 valence electrons. The van der Waals surface area contributed by atoms with Gasteiger partial charge in [0, 0.05) is 13.1 Å². The van der Waals surface area contributed by atoms with E-state index in [1.54, 1.807) is 0 Å². The maximum atomic E-state index is 12.7. The van der Waals surface area contributed by atoms with E-state index in [9.17, 15) is 14.7 Å². The predicted molar refractivity (Wildman–Crippen MR) is 70.4 cm³/mol. The fraction of sp³-hybridized carbons (Fsp3) is 0.733. The van der Waals surface area contributed by atoms with Crippen LogP contribution in [0.2, 0.25) is 0 Å². The molecule has 3 aliphatic rings. The van der Waals surface area contributed by atoms with Crippen molar-refractivity contribution in [2.45, 2.75) is 32.1 Å². The van der Waals surface area contributed by atoms with E-state index in [2.05, 4.69) is 6.08 Å². The molecule has 1 saturated heterocycles. The SMILES string of the molecule is O=C(O)[C@@H]1[C@H](C(=O)N2CCCCCC2)[C@H]2C=C[C@H]1C2. The molecule has 1 N–H and O–H groups in total. The highest BCUT2D eigenvalue weighted by Gasteiger charge is 2.52. The van der Waals surface area contributed by atoms with E-state index in [4.69, 9.17) is 0 Å². The van der Waals surface area contributed by atoms with Crippen LogP contribution < -0.4 is 0 Å². The molecule has 0 spiro atoms. The van der Waals surface area contributed by atoms with Gasteiger partial charge in [0.15, 0.2) is 0 Å². The minimum absolute atomic E-state index is 0.0726. The van der Waals surface area contributed by atoms with Crippen molar-refractivity contribution in [3.63, 3.8) is 0 Å². The van der Waals surface area contributed by atoms with Crippen LogP contribution in [0.4, 0.5) is 0 Å². The molecule has 1 amide bonds. The van der Waals surface area contributed by atoms with E-state index in [-0.39, 0.29) is 23.7 Å². The van der Waals surface area contributed by atoms with Gasteiger partial charge in [-0.05, 0) is 31.1 Å². The Labute approximate surface area is 113 Å². The quantitative estimate of drug-likeness (QED) is 0.774. The van der Waals surface area contributed by atoms with E-state index >= 15 is 0 Å². The molecule has 0 aromatic rings. The zero-order valence-corrected chi connectivity index (χ0v) is 11.1. The molecule has 4 heteroatoms. The summed E-state index contributed by atoms with van der Waals surface area (Å²) in [4.78, 5) is 26.1. The molecule has 1 saturated carbocycles. The minimum atomic E-state index is -0.801. The van der Waals surface area contributed by atoms with Crippen LogP contribution in [0.3, 0.4) is 0 Å². The summed E-state index contributed by atoms with van der Waals surface area (Å²) < 4.78 is 0. The normalized spacial score (nSPS) is 37.4. The molecule has 4 nitrogen and oxygen atoms in total. The van der Waals surface area contributed by atoms with E-state index in [1.165, 1.54) is 12.8 Å². The highest BCUT2D eigenvalue weighted by Crippen LogP contribution is 2.48. The Morgan fingerprint density at radius 1 is 0.947 bits per heavy atom. The molecule has 2 aliphatic carbocycles. The van der Waals surface area contributed by atoms with Crippen molar-refractivity contribution in [1.82, 2.24) is 4.90 Å². The maximum Gasteiger partial charge on any atom is 0.307 e. The smallest absolute Gasteiger partial charge is 0.307 e. The van der Waals surface area contributed by atoms with Gasteiger partial charge in [-0.1, -0.05) is 25.0 Å². The van der Waals surface area contributed by atoms with Gasteiger partial charge in [0.2, 0.25) is 5.91 Å². The van der Waals surface area contributed by atoms with Crippen molar-refractivity contribution in [2.75, 3.05) is 13.1 Å². The zero-order chi connectivity index (χ0) is 13.4. The van der Waals surface area contributed by atoms with Crippen LogP contribution in [0, 0.1) is 23.7 Å². The molecule has 2 fully saturated rings. The summed E-state index contributed by atoms with van der Waals surface area (Å²) in [5.41, 5.74) is 0. The summed E-state index contributed by atoms with van der Waals surface area (Å²) in [6.45, 7) is 1.62. The molecule has 4 atom stereocenters. The molecule has 19 heavy (non-hydrogen) atoms. The van der Waals surface area contributed by atoms with Crippen LogP contribution in [0.1, 0.15) is 32.1 Å². The third-order valence-electron chi connectivity index (χ3n) is 4.95. The molecule has 0 aromatic heterocycles. The summed E-state index contributed by atoms with van der Waals surface area (Å²) in [7, 11) is 0. The summed E-state index contributed by atoms with van der Waals surface area (Å²) >= 11 is 0. The van der Waals surface area contributed by atoms with Crippen LogP contribution in [0.5, 0.6) is 0 Å². The van der Waals surface area contributed by atoms with Gasteiger partial charge in [-0.3, -0.25) is 9.59 Å².